The number of carbonyl (C=O) groups excluding carboxylic acids is 2. The van der Waals surface area contributed by atoms with Crippen molar-refractivity contribution in [3.63, 3.8) is 0 Å². The minimum Gasteiger partial charge on any atom is -0.497 e. The molecule has 2 aromatic carbocycles. The van der Waals surface area contributed by atoms with Gasteiger partial charge in [0, 0.05) is 17.9 Å². The first-order valence-corrected chi connectivity index (χ1v) is 13.1. The van der Waals surface area contributed by atoms with E-state index in [0.29, 0.717) is 40.5 Å². The lowest BCUT2D eigenvalue weighted by Crippen LogP contribution is -2.43. The molecule has 2 heterocycles. The third-order valence-corrected chi connectivity index (χ3v) is 8.02. The molecule has 1 unspecified atom stereocenters. The number of carbonyl (C=O) groups is 2. The Morgan fingerprint density at radius 2 is 1.82 bits per heavy atom. The number of hydrogen-bond donors (Lipinski definition) is 2. The monoisotopic (exact) mass is 499 g/mol. The summed E-state index contributed by atoms with van der Waals surface area (Å²) in [6.07, 6.45) is 1.29. The fourth-order valence-corrected chi connectivity index (χ4v) is 5.90. The number of methoxy groups -OCH3 is 1. The number of thiophene rings is 1. The third-order valence-electron chi connectivity index (χ3n) is 5.64. The number of sulfonamides is 1. The molecule has 178 valence electrons. The number of aryl methyl sites for hydroxylation is 1. The minimum atomic E-state index is -3.90. The summed E-state index contributed by atoms with van der Waals surface area (Å²) in [4.78, 5) is 28.0. The number of benzene rings is 2. The van der Waals surface area contributed by atoms with Crippen LogP contribution in [-0.2, 0) is 14.8 Å². The highest BCUT2D eigenvalue weighted by Gasteiger charge is 2.35. The Kier molecular flexibility index (Phi) is 6.90. The normalized spacial score (nSPS) is 15.7. The van der Waals surface area contributed by atoms with Crippen LogP contribution in [0.2, 0.25) is 0 Å². The summed E-state index contributed by atoms with van der Waals surface area (Å²) >= 11 is 1.34. The lowest BCUT2D eigenvalue weighted by Gasteiger charge is -2.23. The molecular formula is C24H25N3O5S2. The molecule has 8 nitrogen and oxygen atoms in total. The molecule has 1 aliphatic rings. The number of ether oxygens (including phenoxy) is 1. The van der Waals surface area contributed by atoms with Gasteiger partial charge in [0.15, 0.2) is 0 Å². The van der Waals surface area contributed by atoms with Crippen LogP contribution in [0.15, 0.2) is 64.9 Å². The fourth-order valence-electron chi connectivity index (χ4n) is 3.89. The van der Waals surface area contributed by atoms with Gasteiger partial charge in [-0.2, -0.15) is 0 Å². The zero-order valence-electron chi connectivity index (χ0n) is 18.8. The number of hydrogen-bond acceptors (Lipinski definition) is 6. The largest absolute Gasteiger partial charge is 0.497 e. The Bertz CT molecular complexity index is 1290. The zero-order chi connectivity index (χ0) is 24.3. The van der Waals surface area contributed by atoms with Gasteiger partial charge in [-0.3, -0.25) is 14.3 Å². The number of likely N-dealkylation sites (tertiary alicyclic amines) is 1. The number of anilines is 2. The van der Waals surface area contributed by atoms with Gasteiger partial charge in [0.1, 0.15) is 11.8 Å². The van der Waals surface area contributed by atoms with Crippen molar-refractivity contribution >= 4 is 44.5 Å². The second-order valence-electron chi connectivity index (χ2n) is 7.94. The maximum Gasteiger partial charge on any atom is 0.264 e. The molecule has 0 bridgehead atoms. The number of nitrogens with one attached hydrogen (secondary N) is 2. The fraction of sp³-hybridized carbons (Fsp3) is 0.250. The van der Waals surface area contributed by atoms with E-state index in [-0.39, 0.29) is 16.7 Å². The SMILES string of the molecule is COc1ccc(NS(=O)(=O)c2cc(NC(=O)C3CCCN3C(=O)c3cccs3)ccc2C)cc1. The van der Waals surface area contributed by atoms with Gasteiger partial charge in [-0.1, -0.05) is 12.1 Å². The van der Waals surface area contributed by atoms with Crippen LogP contribution in [0, 0.1) is 6.92 Å². The molecule has 2 N–H and O–H groups in total. The van der Waals surface area contributed by atoms with Crippen molar-refractivity contribution in [2.75, 3.05) is 23.7 Å². The number of rotatable bonds is 7. The molecule has 3 aromatic rings. The van der Waals surface area contributed by atoms with E-state index in [1.165, 1.54) is 24.5 Å². The van der Waals surface area contributed by atoms with E-state index < -0.39 is 16.1 Å². The minimum absolute atomic E-state index is 0.0547. The van der Waals surface area contributed by atoms with Crippen LogP contribution in [0.3, 0.4) is 0 Å². The maximum absolute atomic E-state index is 13.0. The van der Waals surface area contributed by atoms with Crippen molar-refractivity contribution in [2.45, 2.75) is 30.7 Å². The van der Waals surface area contributed by atoms with Crippen molar-refractivity contribution in [2.24, 2.45) is 0 Å². The molecule has 1 aromatic heterocycles. The molecule has 10 heteroatoms. The Balaban J connectivity index is 1.51. The zero-order valence-corrected chi connectivity index (χ0v) is 20.4. The van der Waals surface area contributed by atoms with Crippen molar-refractivity contribution in [3.8, 4) is 5.75 Å². The molecular weight excluding hydrogens is 474 g/mol. The van der Waals surface area contributed by atoms with Gasteiger partial charge in [0.05, 0.1) is 16.9 Å². The molecule has 2 amide bonds. The topological polar surface area (TPSA) is 105 Å². The predicted molar refractivity (Wildman–Crippen MR) is 132 cm³/mol. The molecule has 1 aliphatic heterocycles. The van der Waals surface area contributed by atoms with Crippen LogP contribution in [0.5, 0.6) is 5.75 Å². The molecule has 4 rings (SSSR count). The van der Waals surface area contributed by atoms with Crippen molar-refractivity contribution in [3.05, 3.63) is 70.4 Å². The average Bonchev–Trinajstić information content (AvgIpc) is 3.52. The highest BCUT2D eigenvalue weighted by atomic mass is 32.2. The molecule has 1 saturated heterocycles. The Labute approximate surface area is 202 Å². The smallest absolute Gasteiger partial charge is 0.264 e. The third kappa shape index (κ3) is 5.07. The van der Waals surface area contributed by atoms with Gasteiger partial charge in [0.25, 0.3) is 15.9 Å². The van der Waals surface area contributed by atoms with Crippen LogP contribution < -0.4 is 14.8 Å². The molecule has 34 heavy (non-hydrogen) atoms. The quantitative estimate of drug-likeness (QED) is 0.509. The van der Waals surface area contributed by atoms with Crippen molar-refractivity contribution < 1.29 is 22.7 Å². The average molecular weight is 500 g/mol. The second-order valence-corrected chi connectivity index (χ2v) is 10.5. The number of amides is 2. The Morgan fingerprint density at radius 1 is 1.09 bits per heavy atom. The van der Waals surface area contributed by atoms with Crippen molar-refractivity contribution in [1.82, 2.24) is 4.90 Å². The van der Waals surface area contributed by atoms with Gasteiger partial charge in [0.2, 0.25) is 5.91 Å². The summed E-state index contributed by atoms with van der Waals surface area (Å²) in [6.45, 7) is 2.20. The van der Waals surface area contributed by atoms with Gasteiger partial charge in [-0.15, -0.1) is 11.3 Å². The van der Waals surface area contributed by atoms with Crippen LogP contribution in [0.4, 0.5) is 11.4 Å². The lowest BCUT2D eigenvalue weighted by molar-refractivity contribution is -0.119. The van der Waals surface area contributed by atoms with E-state index >= 15 is 0 Å². The first kappa shape index (κ1) is 23.8. The first-order chi connectivity index (χ1) is 16.3. The van der Waals surface area contributed by atoms with E-state index in [0.717, 1.165) is 6.42 Å². The lowest BCUT2D eigenvalue weighted by atomic mass is 10.2. The Morgan fingerprint density at radius 3 is 2.50 bits per heavy atom. The van der Waals surface area contributed by atoms with E-state index in [2.05, 4.69) is 10.0 Å². The summed E-state index contributed by atoms with van der Waals surface area (Å²) in [5.41, 5.74) is 1.28. The van der Waals surface area contributed by atoms with Crippen molar-refractivity contribution in [1.29, 1.82) is 0 Å². The molecule has 1 atom stereocenters. The van der Waals surface area contributed by atoms with Crippen LogP contribution in [0.25, 0.3) is 0 Å². The van der Waals surface area contributed by atoms with E-state index in [1.54, 1.807) is 60.4 Å². The summed E-state index contributed by atoms with van der Waals surface area (Å²) in [5, 5.41) is 4.62. The van der Waals surface area contributed by atoms with E-state index in [4.69, 9.17) is 4.74 Å². The molecule has 0 spiro atoms. The van der Waals surface area contributed by atoms with Crippen LogP contribution in [-0.4, -0.2) is 44.8 Å². The summed E-state index contributed by atoms with van der Waals surface area (Å²) in [5.74, 6) is 0.114. The summed E-state index contributed by atoms with van der Waals surface area (Å²) in [7, 11) is -2.37. The molecule has 0 aliphatic carbocycles. The van der Waals surface area contributed by atoms with Gasteiger partial charge in [-0.25, -0.2) is 8.42 Å². The first-order valence-electron chi connectivity index (χ1n) is 10.7. The highest BCUT2D eigenvalue weighted by molar-refractivity contribution is 7.92. The summed E-state index contributed by atoms with van der Waals surface area (Å²) < 4.78 is 33.7. The van der Waals surface area contributed by atoms with E-state index in [9.17, 15) is 18.0 Å². The number of nitrogens with zero attached hydrogens (tertiary/aromatic N) is 1. The highest BCUT2D eigenvalue weighted by Crippen LogP contribution is 2.26. The Hall–Kier alpha value is -3.37. The standard InChI is InChI=1S/C24H25N3O5S2/c1-16-7-8-18(15-22(16)34(30,31)26-17-9-11-19(32-2)12-10-17)25-23(28)20-5-3-13-27(20)24(29)21-6-4-14-33-21/h4,6-12,14-15,20,26H,3,5,13H2,1-2H3,(H,25,28). The molecule has 0 saturated carbocycles. The molecule has 1 fully saturated rings. The van der Waals surface area contributed by atoms with Crippen LogP contribution in [0.1, 0.15) is 28.1 Å². The maximum atomic E-state index is 13.0. The summed E-state index contributed by atoms with van der Waals surface area (Å²) in [6, 6.07) is 14.2. The predicted octanol–water partition coefficient (Wildman–Crippen LogP) is 4.11. The van der Waals surface area contributed by atoms with Crippen LogP contribution >= 0.6 is 11.3 Å². The second kappa shape index (κ2) is 9.86. The van der Waals surface area contributed by atoms with Gasteiger partial charge >= 0.3 is 0 Å². The van der Waals surface area contributed by atoms with Gasteiger partial charge in [-0.05, 0) is 73.2 Å². The molecule has 0 radical (unpaired) electrons. The van der Waals surface area contributed by atoms with E-state index in [1.807, 2.05) is 5.38 Å². The van der Waals surface area contributed by atoms with Gasteiger partial charge < -0.3 is 15.0 Å².